The molecule has 2 unspecified atom stereocenters. The molecule has 1 heterocycles. The van der Waals surface area contributed by atoms with E-state index in [1.165, 1.54) is 25.7 Å². The molecular formula is C15H28N2O. The molecule has 1 aliphatic heterocycles. The minimum atomic E-state index is 0.0827. The van der Waals surface area contributed by atoms with Crippen LogP contribution in [0.25, 0.3) is 0 Å². The zero-order valence-corrected chi connectivity index (χ0v) is 12.1. The van der Waals surface area contributed by atoms with Crippen molar-refractivity contribution in [2.45, 2.75) is 84.0 Å². The maximum Gasteiger partial charge on any atom is 0.241 e. The lowest BCUT2D eigenvalue weighted by Crippen LogP contribution is -2.44. The van der Waals surface area contributed by atoms with Gasteiger partial charge in [0.15, 0.2) is 0 Å². The third-order valence-corrected chi connectivity index (χ3v) is 4.27. The first kappa shape index (κ1) is 13.9. The molecule has 0 radical (unpaired) electrons. The summed E-state index contributed by atoms with van der Waals surface area (Å²) in [7, 11) is 0. The standard InChI is InChI=1S/C15H28N2O/c1-4-7-13-15(18)17(12-8-5-6-9-12)14(16-13)10-11(2)3/h11-14,16H,4-10H2,1-3H3. The summed E-state index contributed by atoms with van der Waals surface area (Å²) >= 11 is 0. The molecule has 18 heavy (non-hydrogen) atoms. The van der Waals surface area contributed by atoms with Crippen LogP contribution in [0.15, 0.2) is 0 Å². The van der Waals surface area contributed by atoms with Gasteiger partial charge in [-0.1, -0.05) is 40.0 Å². The Morgan fingerprint density at radius 2 is 2.00 bits per heavy atom. The van der Waals surface area contributed by atoms with Crippen LogP contribution in [0, 0.1) is 5.92 Å². The van der Waals surface area contributed by atoms with Crippen LogP contribution in [0.4, 0.5) is 0 Å². The molecule has 3 heteroatoms. The van der Waals surface area contributed by atoms with E-state index in [0.29, 0.717) is 17.9 Å². The maximum absolute atomic E-state index is 12.5. The molecule has 2 fully saturated rings. The highest BCUT2D eigenvalue weighted by Gasteiger charge is 2.42. The molecule has 2 atom stereocenters. The van der Waals surface area contributed by atoms with Gasteiger partial charge in [0, 0.05) is 6.04 Å². The lowest BCUT2D eigenvalue weighted by molar-refractivity contribution is -0.132. The highest BCUT2D eigenvalue weighted by atomic mass is 16.2. The van der Waals surface area contributed by atoms with Crippen LogP contribution < -0.4 is 5.32 Å². The van der Waals surface area contributed by atoms with E-state index >= 15 is 0 Å². The van der Waals surface area contributed by atoms with E-state index in [0.717, 1.165) is 19.3 Å². The molecule has 1 aliphatic carbocycles. The third-order valence-electron chi connectivity index (χ3n) is 4.27. The van der Waals surface area contributed by atoms with Crippen LogP contribution in [0.2, 0.25) is 0 Å². The van der Waals surface area contributed by atoms with Crippen LogP contribution in [0.3, 0.4) is 0 Å². The van der Waals surface area contributed by atoms with Gasteiger partial charge in [0.1, 0.15) is 0 Å². The maximum atomic E-state index is 12.5. The fourth-order valence-electron chi connectivity index (χ4n) is 3.46. The summed E-state index contributed by atoms with van der Waals surface area (Å²) in [5, 5.41) is 3.58. The number of nitrogens with one attached hydrogen (secondary N) is 1. The normalized spacial score (nSPS) is 29.8. The van der Waals surface area contributed by atoms with E-state index < -0.39 is 0 Å². The van der Waals surface area contributed by atoms with Crippen molar-refractivity contribution in [3.8, 4) is 0 Å². The molecule has 104 valence electrons. The molecule has 0 aromatic carbocycles. The summed E-state index contributed by atoms with van der Waals surface area (Å²) in [6.07, 6.45) is 8.44. The van der Waals surface area contributed by atoms with Crippen molar-refractivity contribution >= 4 is 5.91 Å². The Bertz CT molecular complexity index is 284. The Hall–Kier alpha value is -0.570. The molecule has 0 bridgehead atoms. The molecule has 1 amide bonds. The Balaban J connectivity index is 2.07. The Morgan fingerprint density at radius 1 is 1.33 bits per heavy atom. The van der Waals surface area contributed by atoms with Crippen molar-refractivity contribution in [2.24, 2.45) is 5.92 Å². The van der Waals surface area contributed by atoms with Crippen LogP contribution in [0.1, 0.15) is 65.7 Å². The molecule has 1 saturated heterocycles. The van der Waals surface area contributed by atoms with Gasteiger partial charge in [0.05, 0.1) is 12.2 Å². The lowest BCUT2D eigenvalue weighted by atomic mass is 10.1. The van der Waals surface area contributed by atoms with Crippen molar-refractivity contribution in [1.82, 2.24) is 10.2 Å². The summed E-state index contributed by atoms with van der Waals surface area (Å²) in [5.41, 5.74) is 0. The van der Waals surface area contributed by atoms with Crippen molar-refractivity contribution < 1.29 is 4.79 Å². The molecule has 0 spiro atoms. The minimum Gasteiger partial charge on any atom is -0.323 e. The number of hydrogen-bond acceptors (Lipinski definition) is 2. The van der Waals surface area contributed by atoms with E-state index in [4.69, 9.17) is 0 Å². The van der Waals surface area contributed by atoms with Gasteiger partial charge < -0.3 is 4.90 Å². The molecule has 1 N–H and O–H groups in total. The smallest absolute Gasteiger partial charge is 0.241 e. The van der Waals surface area contributed by atoms with E-state index in [-0.39, 0.29) is 12.2 Å². The molecule has 2 rings (SSSR count). The van der Waals surface area contributed by atoms with Gasteiger partial charge in [0.25, 0.3) is 0 Å². The highest BCUT2D eigenvalue weighted by Crippen LogP contribution is 2.30. The number of carbonyl (C=O) groups is 1. The quantitative estimate of drug-likeness (QED) is 0.816. The predicted octanol–water partition coefficient (Wildman–Crippen LogP) is 2.90. The van der Waals surface area contributed by atoms with Crippen LogP contribution >= 0.6 is 0 Å². The van der Waals surface area contributed by atoms with Gasteiger partial charge in [0.2, 0.25) is 5.91 Å². The second-order valence-corrected chi connectivity index (χ2v) is 6.34. The summed E-state index contributed by atoms with van der Waals surface area (Å²) in [5.74, 6) is 1.01. The largest absolute Gasteiger partial charge is 0.323 e. The highest BCUT2D eigenvalue weighted by molar-refractivity contribution is 5.84. The first-order valence-electron chi connectivity index (χ1n) is 7.71. The number of amides is 1. The van der Waals surface area contributed by atoms with Crippen LogP contribution in [-0.4, -0.2) is 29.1 Å². The van der Waals surface area contributed by atoms with Crippen molar-refractivity contribution in [3.63, 3.8) is 0 Å². The van der Waals surface area contributed by atoms with E-state index in [1.807, 2.05) is 0 Å². The van der Waals surface area contributed by atoms with Gasteiger partial charge in [-0.15, -0.1) is 0 Å². The summed E-state index contributed by atoms with van der Waals surface area (Å²) in [6.45, 7) is 6.64. The first-order chi connectivity index (χ1) is 8.63. The van der Waals surface area contributed by atoms with Crippen LogP contribution in [0.5, 0.6) is 0 Å². The molecular weight excluding hydrogens is 224 g/mol. The number of nitrogens with zero attached hydrogens (tertiary/aromatic N) is 1. The monoisotopic (exact) mass is 252 g/mol. The number of carbonyl (C=O) groups excluding carboxylic acids is 1. The van der Waals surface area contributed by atoms with Crippen LogP contribution in [-0.2, 0) is 4.79 Å². The SMILES string of the molecule is CCCC1NC(CC(C)C)N(C2CCCC2)C1=O. The average Bonchev–Trinajstić information content (AvgIpc) is 2.88. The predicted molar refractivity (Wildman–Crippen MR) is 74.2 cm³/mol. The summed E-state index contributed by atoms with van der Waals surface area (Å²) < 4.78 is 0. The number of rotatable bonds is 5. The van der Waals surface area contributed by atoms with Gasteiger partial charge in [-0.05, 0) is 31.6 Å². The minimum absolute atomic E-state index is 0.0827. The van der Waals surface area contributed by atoms with Gasteiger partial charge >= 0.3 is 0 Å². The third kappa shape index (κ3) is 2.87. The van der Waals surface area contributed by atoms with Crippen molar-refractivity contribution in [2.75, 3.05) is 0 Å². The van der Waals surface area contributed by atoms with Gasteiger partial charge in [-0.25, -0.2) is 0 Å². The second kappa shape index (κ2) is 6.05. The van der Waals surface area contributed by atoms with Crippen molar-refractivity contribution in [3.05, 3.63) is 0 Å². The fourth-order valence-corrected chi connectivity index (χ4v) is 3.46. The Kier molecular flexibility index (Phi) is 4.66. The van der Waals surface area contributed by atoms with Gasteiger partial charge in [-0.3, -0.25) is 10.1 Å². The number of hydrogen-bond donors (Lipinski definition) is 1. The van der Waals surface area contributed by atoms with Gasteiger partial charge in [-0.2, -0.15) is 0 Å². The van der Waals surface area contributed by atoms with E-state index in [2.05, 4.69) is 31.0 Å². The zero-order chi connectivity index (χ0) is 13.1. The molecule has 0 aromatic heterocycles. The Morgan fingerprint density at radius 3 is 2.56 bits per heavy atom. The van der Waals surface area contributed by atoms with E-state index in [1.54, 1.807) is 0 Å². The fraction of sp³-hybridized carbons (Fsp3) is 0.933. The molecule has 2 aliphatic rings. The average molecular weight is 252 g/mol. The summed E-state index contributed by atoms with van der Waals surface area (Å²) in [4.78, 5) is 14.7. The molecule has 0 aromatic rings. The lowest BCUT2D eigenvalue weighted by Gasteiger charge is -2.31. The first-order valence-corrected chi connectivity index (χ1v) is 7.71. The Labute approximate surface area is 111 Å². The zero-order valence-electron chi connectivity index (χ0n) is 12.1. The topological polar surface area (TPSA) is 32.3 Å². The molecule has 1 saturated carbocycles. The van der Waals surface area contributed by atoms with E-state index in [9.17, 15) is 4.79 Å². The second-order valence-electron chi connectivity index (χ2n) is 6.34. The molecule has 3 nitrogen and oxygen atoms in total. The van der Waals surface area contributed by atoms with Crippen molar-refractivity contribution in [1.29, 1.82) is 0 Å². The summed E-state index contributed by atoms with van der Waals surface area (Å²) in [6, 6.07) is 0.593.